The van der Waals surface area contributed by atoms with Gasteiger partial charge >= 0.3 is 0 Å². The second kappa shape index (κ2) is 27.8. The minimum Gasteiger partial charge on any atom is -0.404 e. The maximum Gasteiger partial charge on any atom is 0.261 e. The molecule has 0 aliphatic carbocycles. The van der Waals surface area contributed by atoms with Crippen LogP contribution < -0.4 is 31.1 Å². The van der Waals surface area contributed by atoms with Gasteiger partial charge in [-0.2, -0.15) is 0 Å². The van der Waals surface area contributed by atoms with Crippen LogP contribution >= 0.6 is 0 Å². The molecule has 0 unspecified atom stereocenters. The third-order valence-electron chi connectivity index (χ3n) is 20.8. The molecular formula is C79H106O14Si3. The van der Waals surface area contributed by atoms with E-state index in [2.05, 4.69) is 216 Å². The molecule has 1 N–H and O–H groups in total. The highest BCUT2D eigenvalue weighted by atomic mass is 28.4. The van der Waals surface area contributed by atoms with Crippen LogP contribution in [0.1, 0.15) is 125 Å². The molecule has 6 aliphatic heterocycles. The van der Waals surface area contributed by atoms with Crippen molar-refractivity contribution in [2.24, 2.45) is 17.8 Å². The van der Waals surface area contributed by atoms with Crippen molar-refractivity contribution in [3.63, 3.8) is 0 Å². The largest absolute Gasteiger partial charge is 0.404 e. The van der Waals surface area contributed by atoms with E-state index in [-0.39, 0.29) is 71.0 Å². The Kier molecular flexibility index (Phi) is 21.3. The number of benzene rings is 6. The van der Waals surface area contributed by atoms with E-state index in [1.54, 1.807) is 0 Å². The molecule has 6 aromatic carbocycles. The van der Waals surface area contributed by atoms with Crippen molar-refractivity contribution in [3.8, 4) is 0 Å². The van der Waals surface area contributed by atoms with Gasteiger partial charge in [0.2, 0.25) is 0 Å². The van der Waals surface area contributed by atoms with E-state index in [0.717, 1.165) is 6.29 Å². The van der Waals surface area contributed by atoms with E-state index in [4.69, 9.17) is 55.9 Å². The Bertz CT molecular complexity index is 3250. The molecule has 0 radical (unpaired) electrons. The van der Waals surface area contributed by atoms with Gasteiger partial charge < -0.3 is 65.8 Å². The molecule has 6 aromatic rings. The van der Waals surface area contributed by atoms with Gasteiger partial charge in [0.05, 0.1) is 26.4 Å². The summed E-state index contributed by atoms with van der Waals surface area (Å²) in [5.74, 6) is -2.30. The van der Waals surface area contributed by atoms with Gasteiger partial charge in [-0.1, -0.05) is 271 Å². The molecular weight excluding hydrogens is 1260 g/mol. The third kappa shape index (κ3) is 13.8. The molecule has 17 heteroatoms. The molecule has 96 heavy (non-hydrogen) atoms. The Hall–Kier alpha value is -5.14. The molecule has 0 bridgehead atoms. The number of carbonyl (C=O) groups excluding carboxylic acids is 1. The van der Waals surface area contributed by atoms with Gasteiger partial charge in [0.1, 0.15) is 29.5 Å². The molecule has 12 atom stereocenters. The summed E-state index contributed by atoms with van der Waals surface area (Å²) in [4.78, 5) is 12.5. The minimum atomic E-state index is -2.79. The van der Waals surface area contributed by atoms with Crippen molar-refractivity contribution in [1.82, 2.24) is 0 Å². The molecule has 6 heterocycles. The summed E-state index contributed by atoms with van der Waals surface area (Å²) >= 11 is 0. The molecule has 0 aromatic heterocycles. The summed E-state index contributed by atoms with van der Waals surface area (Å²) < 4.78 is 76.6. The molecule has 0 amide bonds. The Morgan fingerprint density at radius 1 is 0.385 bits per heavy atom. The second-order valence-corrected chi connectivity index (χ2v) is 44.4. The van der Waals surface area contributed by atoms with Crippen LogP contribution in [-0.2, 0) is 60.7 Å². The second-order valence-electron chi connectivity index (χ2n) is 31.4. The average Bonchev–Trinajstić information content (AvgIpc) is 0.966. The molecule has 12 rings (SSSR count). The first-order valence-corrected chi connectivity index (χ1v) is 39.9. The van der Waals surface area contributed by atoms with E-state index in [0.29, 0.717) is 6.61 Å². The predicted molar refractivity (Wildman–Crippen MR) is 384 cm³/mol. The summed E-state index contributed by atoms with van der Waals surface area (Å²) in [5, 5.41) is 17.3. The molecule has 0 spiro atoms. The van der Waals surface area contributed by atoms with Crippen molar-refractivity contribution in [1.29, 1.82) is 0 Å². The number of aliphatic hydroxyl groups excluding tert-OH is 1. The lowest BCUT2D eigenvalue weighted by Gasteiger charge is -2.45. The quantitative estimate of drug-likeness (QED) is 0.0494. The zero-order chi connectivity index (χ0) is 69.6. The first kappa shape index (κ1) is 73.6. The fourth-order valence-corrected chi connectivity index (χ4v) is 29.4. The van der Waals surface area contributed by atoms with Gasteiger partial charge in [-0.25, -0.2) is 0 Å². The SMILES string of the molecule is C=C[C@]1(CO[Si](c2ccccc2)(c2ccccc2)C(C)(C)C)O[C@@H]2OC(C)(C)O[C@@H]2[C@@H]1C.C[C@H]1[C@H]2OC(C)(C)O[C@H]2O[C@]1(C=O)CO[Si](c1ccccc1)(c1ccccc1)C(C)(C)C.C[C@H]1[C@H]2OC(C)(C)O[C@H]2O[C@]1(CO)CO[Si](c1ccccc1)(c1ccccc1)C(C)(C)C. The van der Waals surface area contributed by atoms with Crippen LogP contribution in [0.2, 0.25) is 15.1 Å². The summed E-state index contributed by atoms with van der Waals surface area (Å²) in [5.41, 5.74) is -2.70. The van der Waals surface area contributed by atoms with Crippen LogP contribution in [0, 0.1) is 17.8 Å². The molecule has 518 valence electrons. The Morgan fingerprint density at radius 3 is 0.885 bits per heavy atom. The number of hydrogen-bond donors (Lipinski definition) is 1. The van der Waals surface area contributed by atoms with Crippen LogP contribution in [0.15, 0.2) is 195 Å². The van der Waals surface area contributed by atoms with Gasteiger partial charge in [-0.05, 0) is 87.8 Å². The summed E-state index contributed by atoms with van der Waals surface area (Å²) in [6, 6.07) is 63.1. The van der Waals surface area contributed by atoms with Crippen molar-refractivity contribution in [2.45, 2.75) is 211 Å². The Morgan fingerprint density at radius 2 is 0.635 bits per heavy atom. The number of aldehydes is 1. The summed E-state index contributed by atoms with van der Waals surface area (Å²) in [7, 11) is -8.23. The van der Waals surface area contributed by atoms with Crippen molar-refractivity contribution < 1.29 is 65.8 Å². The van der Waals surface area contributed by atoms with E-state index in [1.807, 2.05) is 103 Å². The third-order valence-corrected chi connectivity index (χ3v) is 35.7. The molecule has 6 saturated heterocycles. The van der Waals surface area contributed by atoms with Crippen LogP contribution in [0.4, 0.5) is 0 Å². The lowest BCUT2D eigenvalue weighted by molar-refractivity contribution is -0.243. The lowest BCUT2D eigenvalue weighted by Crippen LogP contribution is -2.68. The summed E-state index contributed by atoms with van der Waals surface area (Å²) in [6.45, 7) is 42.5. The smallest absolute Gasteiger partial charge is 0.261 e. The maximum absolute atomic E-state index is 12.5. The topological polar surface area (TPSA) is 148 Å². The van der Waals surface area contributed by atoms with E-state index in [9.17, 15) is 9.90 Å². The number of rotatable bonds is 18. The Labute approximate surface area is 575 Å². The average molecular weight is 1360 g/mol. The van der Waals surface area contributed by atoms with Crippen LogP contribution in [0.25, 0.3) is 0 Å². The number of ether oxygens (including phenoxy) is 9. The highest BCUT2D eigenvalue weighted by Crippen LogP contribution is 2.51. The van der Waals surface area contributed by atoms with Gasteiger partial charge in [0.15, 0.2) is 48.1 Å². The summed E-state index contributed by atoms with van der Waals surface area (Å²) in [6.07, 6.45) is 0.577. The number of hydrogen-bond acceptors (Lipinski definition) is 14. The monoisotopic (exact) mass is 1360 g/mol. The van der Waals surface area contributed by atoms with Gasteiger partial charge in [-0.15, -0.1) is 6.58 Å². The molecule has 6 aliphatic rings. The lowest BCUT2D eigenvalue weighted by atomic mass is 9.88. The normalized spacial score (nSPS) is 29.7. The first-order valence-electron chi connectivity index (χ1n) is 34.2. The van der Waals surface area contributed by atoms with Crippen molar-refractivity contribution >= 4 is 62.4 Å². The minimum absolute atomic E-state index is 0.0463. The maximum atomic E-state index is 12.5. The molecule has 6 fully saturated rings. The standard InChI is InChI=1S/C27H36O4Si.C26H36O5Si.C26H34O5Si/c1-8-27(20(2)23-24(31-27)30-26(6,7)29-23)19-28-32(25(3,4)5,21-15-11-9-12-16-21)22-17-13-10-14-18-22;2*1-19-22-23(30-25(5,6)29-22)31-26(19,17-27)18-28-32(24(2,3)4,20-13-9-7-10-14-20)21-15-11-8-12-16-21/h8-18,20,23-24H,1,19H2,2-7H3;7-16,19,22-23,27H,17-18H2,1-6H3;7-17,19,22-23H,18H2,1-6H3/t20-,23+,24-,27+;2*19-,22+,23-,26+/m000/s1. The van der Waals surface area contributed by atoms with Crippen LogP contribution in [0.5, 0.6) is 0 Å². The van der Waals surface area contributed by atoms with E-state index >= 15 is 0 Å². The molecule has 0 saturated carbocycles. The van der Waals surface area contributed by atoms with Gasteiger partial charge in [0, 0.05) is 17.8 Å². The van der Waals surface area contributed by atoms with E-state index < -0.39 is 78.0 Å². The molecule has 14 nitrogen and oxygen atoms in total. The Balaban J connectivity index is 0.000000157. The van der Waals surface area contributed by atoms with Crippen LogP contribution in [-0.4, -0.2) is 134 Å². The predicted octanol–water partition coefficient (Wildman–Crippen LogP) is 11.7. The zero-order valence-electron chi connectivity index (χ0n) is 60.0. The van der Waals surface area contributed by atoms with Crippen LogP contribution in [0.3, 0.4) is 0 Å². The highest BCUT2D eigenvalue weighted by molar-refractivity contribution is 7.00. The fraction of sp³-hybridized carbons (Fsp3) is 0.506. The van der Waals surface area contributed by atoms with Gasteiger partial charge in [-0.3, -0.25) is 0 Å². The van der Waals surface area contributed by atoms with Crippen molar-refractivity contribution in [2.75, 3.05) is 26.4 Å². The highest BCUT2D eigenvalue weighted by Gasteiger charge is 2.65. The fourth-order valence-electron chi connectivity index (χ4n) is 15.5. The van der Waals surface area contributed by atoms with Crippen molar-refractivity contribution in [3.05, 3.63) is 195 Å². The number of aliphatic hydroxyl groups is 1. The number of fused-ring (bicyclic) bond motifs is 3. The van der Waals surface area contributed by atoms with Gasteiger partial charge in [0.25, 0.3) is 25.0 Å². The van der Waals surface area contributed by atoms with E-state index in [1.165, 1.54) is 31.1 Å². The first-order chi connectivity index (χ1) is 45.1. The zero-order valence-corrected chi connectivity index (χ0v) is 63.0. The number of carbonyl (C=O) groups is 1.